The molecular formula is C41H69N7O15. The molecular weight excluding hydrogens is 830 g/mol. The van der Waals surface area contributed by atoms with Crippen LogP contribution in [0.15, 0.2) is 6.20 Å². The van der Waals surface area contributed by atoms with Crippen molar-refractivity contribution in [1.29, 1.82) is 5.26 Å². The van der Waals surface area contributed by atoms with E-state index in [0.717, 1.165) is 38.5 Å². The number of alkyl carbamates (subject to hydrolysis) is 1. The first-order valence-electron chi connectivity index (χ1n) is 21.9. The third-order valence-electron chi connectivity index (χ3n) is 13.2. The predicted molar refractivity (Wildman–Crippen MR) is 218 cm³/mol. The van der Waals surface area contributed by atoms with Crippen molar-refractivity contribution in [1.82, 2.24) is 30.1 Å². The van der Waals surface area contributed by atoms with E-state index in [4.69, 9.17) is 24.4 Å². The van der Waals surface area contributed by atoms with E-state index >= 15 is 0 Å². The van der Waals surface area contributed by atoms with E-state index in [-0.39, 0.29) is 43.5 Å². The Morgan fingerprint density at radius 2 is 1.49 bits per heavy atom. The van der Waals surface area contributed by atoms with Gasteiger partial charge in [0, 0.05) is 43.8 Å². The summed E-state index contributed by atoms with van der Waals surface area (Å²) >= 11 is 0. The number of aliphatic hydroxyl groups excluding tert-OH is 10. The summed E-state index contributed by atoms with van der Waals surface area (Å²) in [6.07, 6.45) is -8.07. The molecule has 0 radical (unpaired) electrons. The van der Waals surface area contributed by atoms with Crippen LogP contribution in [0, 0.1) is 34.5 Å². The van der Waals surface area contributed by atoms with Gasteiger partial charge in [0.2, 0.25) is 0 Å². The summed E-state index contributed by atoms with van der Waals surface area (Å²) in [7, 11) is 0. The van der Waals surface area contributed by atoms with Crippen molar-refractivity contribution >= 4 is 12.0 Å². The molecule has 4 bridgehead atoms. The summed E-state index contributed by atoms with van der Waals surface area (Å²) in [4.78, 5) is 29.0. The molecule has 6 rings (SSSR count). The number of amides is 2. The average Bonchev–Trinajstić information content (AvgIpc) is 3.90. The highest BCUT2D eigenvalue weighted by atomic mass is 16.6. The van der Waals surface area contributed by atoms with E-state index in [9.17, 15) is 55.7 Å². The van der Waals surface area contributed by atoms with Crippen molar-refractivity contribution in [3.05, 3.63) is 11.9 Å². The molecule has 1 aromatic rings. The fourth-order valence-electron chi connectivity index (χ4n) is 11.1. The maximum atomic E-state index is 13.4. The molecule has 3 unspecified atom stereocenters. The Kier molecular flexibility index (Phi) is 17.7. The normalized spacial score (nSPS) is 29.4. The number of likely N-dealkylation sites (tertiary alicyclic amines) is 1. The lowest BCUT2D eigenvalue weighted by Gasteiger charge is -2.68. The van der Waals surface area contributed by atoms with Gasteiger partial charge in [-0.05, 0) is 62.2 Å². The van der Waals surface area contributed by atoms with Crippen LogP contribution in [-0.2, 0) is 32.1 Å². The fraction of sp³-hybridized carbons (Fsp3) is 0.878. The minimum Gasteiger partial charge on any atom is -0.439 e. The highest BCUT2D eigenvalue weighted by Gasteiger charge is 2.68. The molecule has 22 nitrogen and oxygen atoms in total. The van der Waals surface area contributed by atoms with Crippen molar-refractivity contribution in [3.8, 4) is 6.07 Å². The van der Waals surface area contributed by atoms with Gasteiger partial charge in [-0.25, -0.2) is 9.48 Å². The Labute approximate surface area is 367 Å². The second kappa shape index (κ2) is 21.9. The molecule has 358 valence electrons. The first kappa shape index (κ1) is 50.8. The van der Waals surface area contributed by atoms with Crippen LogP contribution in [0.5, 0.6) is 0 Å². The van der Waals surface area contributed by atoms with Gasteiger partial charge < -0.3 is 75.5 Å². The Bertz CT molecular complexity index is 1630. The Morgan fingerprint density at radius 3 is 2.05 bits per heavy atom. The molecule has 0 spiro atoms. The summed E-state index contributed by atoms with van der Waals surface area (Å²) in [5.74, 6) is 0.245. The van der Waals surface area contributed by atoms with E-state index in [1.54, 1.807) is 6.20 Å². The van der Waals surface area contributed by atoms with Crippen molar-refractivity contribution in [2.75, 3.05) is 59.3 Å². The molecule has 63 heavy (non-hydrogen) atoms. The van der Waals surface area contributed by atoms with Crippen LogP contribution in [0.2, 0.25) is 0 Å². The summed E-state index contributed by atoms with van der Waals surface area (Å²) in [5.41, 5.74) is -1.05. The quantitative estimate of drug-likeness (QED) is 0.0450. The van der Waals surface area contributed by atoms with Crippen LogP contribution >= 0.6 is 0 Å². The van der Waals surface area contributed by atoms with Crippen LogP contribution in [-0.4, -0.2) is 213 Å². The summed E-state index contributed by atoms with van der Waals surface area (Å²) in [6, 6.07) is 1.64. The first-order chi connectivity index (χ1) is 29.8. The Morgan fingerprint density at radius 1 is 0.905 bits per heavy atom. The number of aliphatic hydroxyl groups is 10. The number of nitrogens with one attached hydrogen (secondary N) is 1. The molecule has 1 aromatic heterocycles. The van der Waals surface area contributed by atoms with Gasteiger partial charge in [-0.2, -0.15) is 5.26 Å². The van der Waals surface area contributed by atoms with E-state index in [2.05, 4.69) is 42.5 Å². The predicted octanol–water partition coefficient (Wildman–Crippen LogP) is -3.41. The van der Waals surface area contributed by atoms with Gasteiger partial charge in [-0.15, -0.1) is 5.10 Å². The van der Waals surface area contributed by atoms with E-state index in [0.29, 0.717) is 37.1 Å². The van der Waals surface area contributed by atoms with Crippen LogP contribution in [0.4, 0.5) is 4.79 Å². The first-order valence-corrected chi connectivity index (χ1v) is 21.9. The minimum atomic E-state index is -1.93. The zero-order valence-electron chi connectivity index (χ0n) is 36.4. The molecule has 12 atom stereocenters. The number of hydrogen-bond acceptors (Lipinski definition) is 19. The standard InChI is InChI=1S/C41H69N7O15/c1-39(2,3)37-40(43-38(60)62-23-32(55)48-6-4-5-27(48)16-42)12-24-11-25(13-40)15-41(37,14-24)63-10-9-61-8-7-47-18-26(44-45-47)17-46(19-28(51)33(56)35(58)30(53)21-49)20-29(52)34(57)36(59)31(54)22-50/h18,24-25,27-31,33-37,49-54,56-59H,4-15,17,19-23H2,1-3H3,(H,43,60)/t24?,25?,27-,28-,29-,30+,31+,33+,34+,35+,36+,37?,40?,41?/m0/s1. The number of nitrogens with zero attached hydrogens (tertiary/aromatic N) is 6. The van der Waals surface area contributed by atoms with Gasteiger partial charge in [0.1, 0.15) is 42.7 Å². The van der Waals surface area contributed by atoms with Gasteiger partial charge in [0.25, 0.3) is 5.91 Å². The SMILES string of the molecule is CC(C)(C)C1C2(NC(=O)OCC(=O)N3CCC[C@H]3C#N)CC3CC(C2)CC1(OCCOCCn1cc(CN(C[C@H](O)[C@@H](O)[C@H](O)[C@H](O)CO)C[C@H](O)[C@@H](O)[C@H](O)[C@H](O)CO)nn1)C3. The lowest BCUT2D eigenvalue weighted by molar-refractivity contribution is -0.243. The summed E-state index contributed by atoms with van der Waals surface area (Å²) in [5, 5.41) is 121. The second-order valence-electron chi connectivity index (χ2n) is 19.1. The third kappa shape index (κ3) is 12.4. The summed E-state index contributed by atoms with van der Waals surface area (Å²) < 4.78 is 19.8. The molecule has 2 amide bonds. The van der Waals surface area contributed by atoms with E-state index < -0.39 is 105 Å². The molecule has 5 fully saturated rings. The topological polar surface area (TPSA) is 337 Å². The smallest absolute Gasteiger partial charge is 0.408 e. The lowest BCUT2D eigenvalue weighted by Crippen LogP contribution is -2.74. The van der Waals surface area contributed by atoms with Gasteiger partial charge in [0.15, 0.2) is 6.61 Å². The van der Waals surface area contributed by atoms with Gasteiger partial charge in [-0.3, -0.25) is 9.69 Å². The van der Waals surface area contributed by atoms with Crippen molar-refractivity contribution in [3.63, 3.8) is 0 Å². The van der Waals surface area contributed by atoms with Gasteiger partial charge >= 0.3 is 6.09 Å². The number of nitriles is 1. The van der Waals surface area contributed by atoms with E-state index in [1.165, 1.54) is 14.5 Å². The van der Waals surface area contributed by atoms with E-state index in [1.807, 2.05) is 0 Å². The molecule has 1 saturated heterocycles. The van der Waals surface area contributed by atoms with Crippen LogP contribution in [0.1, 0.15) is 71.4 Å². The van der Waals surface area contributed by atoms with Crippen molar-refractivity contribution in [2.24, 2.45) is 23.2 Å². The van der Waals surface area contributed by atoms with Gasteiger partial charge in [0.05, 0.1) is 69.2 Å². The Balaban J connectivity index is 1.14. The van der Waals surface area contributed by atoms with Crippen LogP contribution in [0.3, 0.4) is 0 Å². The largest absolute Gasteiger partial charge is 0.439 e. The number of hydrogen-bond donors (Lipinski definition) is 11. The number of aromatic nitrogens is 3. The highest BCUT2D eigenvalue weighted by molar-refractivity contribution is 5.81. The molecule has 0 aromatic carbocycles. The van der Waals surface area contributed by atoms with Gasteiger partial charge in [-0.1, -0.05) is 26.0 Å². The molecule has 4 saturated carbocycles. The van der Waals surface area contributed by atoms with Crippen molar-refractivity contribution < 1.29 is 74.9 Å². The maximum Gasteiger partial charge on any atom is 0.408 e. The zero-order chi connectivity index (χ0) is 46.3. The third-order valence-corrected chi connectivity index (χ3v) is 13.2. The average molecular weight is 900 g/mol. The molecule has 1 aliphatic heterocycles. The second-order valence-corrected chi connectivity index (χ2v) is 19.1. The van der Waals surface area contributed by atoms with Crippen molar-refractivity contribution in [2.45, 2.75) is 145 Å². The monoisotopic (exact) mass is 899 g/mol. The molecule has 5 aliphatic rings. The summed E-state index contributed by atoms with van der Waals surface area (Å²) in [6.45, 7) is 4.74. The Hall–Kier alpha value is -3.15. The van der Waals surface area contributed by atoms with Crippen LogP contribution in [0.25, 0.3) is 0 Å². The van der Waals surface area contributed by atoms with Crippen LogP contribution < -0.4 is 5.32 Å². The maximum absolute atomic E-state index is 13.4. The molecule has 4 aliphatic carbocycles. The number of carbonyl (C=O) groups excluding carboxylic acids is 2. The highest BCUT2D eigenvalue weighted by Crippen LogP contribution is 2.65. The zero-order valence-corrected chi connectivity index (χ0v) is 36.4. The minimum absolute atomic E-state index is 0.0635. The number of carbonyl (C=O) groups is 2. The number of ether oxygens (including phenoxy) is 3. The number of rotatable bonds is 24. The lowest BCUT2D eigenvalue weighted by atomic mass is 9.42. The molecule has 2 heterocycles. The molecule has 11 N–H and O–H groups in total. The fourth-order valence-corrected chi connectivity index (χ4v) is 11.1. The molecule has 22 heteroatoms.